The minimum Gasteiger partial charge on any atom is -0.507 e. The molecular weight excluding hydrogens is 604 g/mol. The molecule has 240 valence electrons. The molecule has 0 unspecified atom stereocenters. The van der Waals surface area contributed by atoms with Gasteiger partial charge in [0, 0.05) is 12.0 Å². The van der Waals surface area contributed by atoms with Crippen LogP contribution in [-0.4, -0.2) is 47.7 Å². The molecule has 6 rings (SSSR count). The van der Waals surface area contributed by atoms with Crippen LogP contribution in [0.3, 0.4) is 0 Å². The van der Waals surface area contributed by atoms with E-state index in [2.05, 4.69) is 6.92 Å². The number of carbonyl (C=O) groups excluding carboxylic acids is 2. The first-order valence-corrected chi connectivity index (χ1v) is 16.7. The lowest BCUT2D eigenvalue weighted by Gasteiger charge is -2.24. The van der Waals surface area contributed by atoms with Gasteiger partial charge in [-0.1, -0.05) is 37.2 Å². The molecule has 2 aliphatic heterocycles. The molecular formula is C36H38N2O7S. The Hall–Kier alpha value is -4.57. The lowest BCUT2D eigenvalue weighted by Crippen LogP contribution is -2.29. The fourth-order valence-electron chi connectivity index (χ4n) is 5.94. The first kappa shape index (κ1) is 31.4. The van der Waals surface area contributed by atoms with Crippen LogP contribution in [0.4, 0.5) is 5.13 Å². The number of benzene rings is 3. The van der Waals surface area contributed by atoms with E-state index in [4.69, 9.17) is 23.9 Å². The first-order valence-electron chi connectivity index (χ1n) is 15.9. The van der Waals surface area contributed by atoms with Crippen molar-refractivity contribution in [1.82, 2.24) is 4.98 Å². The number of hydrogen-bond acceptors (Lipinski definition) is 9. The Bertz CT molecular complexity index is 1810. The van der Waals surface area contributed by atoms with E-state index >= 15 is 0 Å². The third-order valence-electron chi connectivity index (χ3n) is 8.07. The first-order chi connectivity index (χ1) is 22.3. The third kappa shape index (κ3) is 6.01. The molecule has 0 bridgehead atoms. The Balaban J connectivity index is 1.48. The van der Waals surface area contributed by atoms with Crippen molar-refractivity contribution in [3.05, 3.63) is 76.9 Å². The van der Waals surface area contributed by atoms with E-state index in [0.717, 1.165) is 35.3 Å². The minimum absolute atomic E-state index is 0.0138. The highest BCUT2D eigenvalue weighted by atomic mass is 32.1. The number of unbranched alkanes of at least 4 members (excludes halogenated alkanes) is 2. The lowest BCUT2D eigenvalue weighted by atomic mass is 9.94. The van der Waals surface area contributed by atoms with Crippen molar-refractivity contribution < 1.29 is 33.6 Å². The number of amides is 1. The number of nitrogens with zero attached hydrogens (tertiary/aromatic N) is 2. The number of aliphatic hydroxyl groups excluding tert-OH is 1. The number of ketones is 1. The van der Waals surface area contributed by atoms with E-state index in [1.54, 1.807) is 24.3 Å². The van der Waals surface area contributed by atoms with Gasteiger partial charge < -0.3 is 24.1 Å². The molecule has 1 amide bonds. The molecule has 1 saturated heterocycles. The van der Waals surface area contributed by atoms with Gasteiger partial charge in [0.25, 0.3) is 5.78 Å². The normalized spacial score (nSPS) is 18.6. The summed E-state index contributed by atoms with van der Waals surface area (Å²) in [7, 11) is 0. The van der Waals surface area contributed by atoms with Crippen LogP contribution in [0, 0.1) is 0 Å². The third-order valence-corrected chi connectivity index (χ3v) is 9.09. The summed E-state index contributed by atoms with van der Waals surface area (Å²) in [5.41, 5.74) is 2.60. The maximum Gasteiger partial charge on any atom is 0.301 e. The smallest absolute Gasteiger partial charge is 0.301 e. The number of fused-ring (bicyclic) bond motifs is 2. The molecule has 2 aliphatic rings. The van der Waals surface area contributed by atoms with Crippen LogP contribution in [0.15, 0.2) is 60.2 Å². The largest absolute Gasteiger partial charge is 0.507 e. The number of hydrogen-bond donors (Lipinski definition) is 1. The van der Waals surface area contributed by atoms with Crippen LogP contribution in [0.5, 0.6) is 23.0 Å². The number of anilines is 1. The second-order valence-electron chi connectivity index (χ2n) is 11.4. The minimum atomic E-state index is -0.969. The fraction of sp³-hybridized carbons (Fsp3) is 0.361. The summed E-state index contributed by atoms with van der Waals surface area (Å²) < 4.78 is 24.4. The number of thiazole rings is 1. The summed E-state index contributed by atoms with van der Waals surface area (Å²) in [5.74, 6) is 0.691. The second kappa shape index (κ2) is 13.4. The fourth-order valence-corrected chi connectivity index (χ4v) is 6.96. The maximum atomic E-state index is 13.9. The van der Waals surface area contributed by atoms with Gasteiger partial charge in [0.1, 0.15) is 23.4 Å². The Kier molecular flexibility index (Phi) is 9.17. The van der Waals surface area contributed by atoms with Gasteiger partial charge in [-0.15, -0.1) is 0 Å². The van der Waals surface area contributed by atoms with E-state index in [1.165, 1.54) is 16.2 Å². The molecule has 0 aliphatic carbocycles. The summed E-state index contributed by atoms with van der Waals surface area (Å²) in [6, 6.07) is 15.3. The zero-order valence-corrected chi connectivity index (χ0v) is 27.3. The Morgan fingerprint density at radius 3 is 2.59 bits per heavy atom. The van der Waals surface area contributed by atoms with Gasteiger partial charge in [-0.05, 0) is 86.8 Å². The molecule has 4 aromatic rings. The Labute approximate surface area is 272 Å². The molecule has 1 N–H and O–H groups in total. The highest BCUT2D eigenvalue weighted by molar-refractivity contribution is 7.22. The molecule has 0 radical (unpaired) electrons. The van der Waals surface area contributed by atoms with Gasteiger partial charge in [-0.3, -0.25) is 14.5 Å². The van der Waals surface area contributed by atoms with Crippen molar-refractivity contribution in [2.24, 2.45) is 0 Å². The number of carbonyl (C=O) groups is 2. The van der Waals surface area contributed by atoms with Crippen LogP contribution < -0.4 is 23.8 Å². The standard InChI is InChI=1S/C36H38N2O7S/c1-5-8-9-16-44-28-15-10-22(19-29(28)43-7-3)32-31(33(39)23-11-14-27-24(18-23)17-21(4)45-27)34(40)35(41)38(32)36-37-26-13-12-25(42-6-2)20-30(26)46-36/h10-15,18-21,32,39H,5-9,16-17H2,1-4H3/t21-,32+/m1/s1. The molecule has 1 aromatic heterocycles. The van der Waals surface area contributed by atoms with Crippen molar-refractivity contribution in [1.29, 1.82) is 0 Å². The van der Waals surface area contributed by atoms with E-state index < -0.39 is 17.7 Å². The van der Waals surface area contributed by atoms with Crippen LogP contribution in [0.25, 0.3) is 16.0 Å². The molecule has 46 heavy (non-hydrogen) atoms. The maximum absolute atomic E-state index is 13.9. The summed E-state index contributed by atoms with van der Waals surface area (Å²) in [6.07, 6.45) is 3.74. The SMILES string of the molecule is CCCCCOc1ccc([C@H]2C(=C(O)c3ccc4c(c3)C[C@@H](C)O4)C(=O)C(=O)N2c2nc3ccc(OCC)cc3s2)cc1OCC. The predicted octanol–water partition coefficient (Wildman–Crippen LogP) is 7.61. The summed E-state index contributed by atoms with van der Waals surface area (Å²) >= 11 is 1.28. The van der Waals surface area contributed by atoms with Gasteiger partial charge in [0.2, 0.25) is 0 Å². The van der Waals surface area contributed by atoms with Crippen molar-refractivity contribution in [2.75, 3.05) is 24.7 Å². The van der Waals surface area contributed by atoms with Crippen molar-refractivity contribution in [3.8, 4) is 23.0 Å². The molecule has 0 spiro atoms. The molecule has 9 nitrogen and oxygen atoms in total. The average Bonchev–Trinajstić information content (AvgIpc) is 3.71. The molecule has 3 heterocycles. The quantitative estimate of drug-likeness (QED) is 0.0728. The van der Waals surface area contributed by atoms with E-state index in [9.17, 15) is 14.7 Å². The molecule has 2 atom stereocenters. The van der Waals surface area contributed by atoms with Crippen LogP contribution >= 0.6 is 11.3 Å². The highest BCUT2D eigenvalue weighted by Gasteiger charge is 2.48. The number of Topliss-reactive ketones (excluding diaryl/α,β-unsaturated/α-hetero) is 1. The second-order valence-corrected chi connectivity index (χ2v) is 12.4. The van der Waals surface area contributed by atoms with Gasteiger partial charge in [-0.2, -0.15) is 0 Å². The van der Waals surface area contributed by atoms with Crippen molar-refractivity contribution in [3.63, 3.8) is 0 Å². The van der Waals surface area contributed by atoms with Gasteiger partial charge in [-0.25, -0.2) is 4.98 Å². The molecule has 3 aromatic carbocycles. The number of ether oxygens (including phenoxy) is 4. The highest BCUT2D eigenvalue weighted by Crippen LogP contribution is 2.46. The van der Waals surface area contributed by atoms with Crippen LogP contribution in [0.2, 0.25) is 0 Å². The van der Waals surface area contributed by atoms with Gasteiger partial charge >= 0.3 is 5.91 Å². The summed E-state index contributed by atoms with van der Waals surface area (Å²) in [6.45, 7) is 9.36. The van der Waals surface area contributed by atoms with Crippen molar-refractivity contribution in [2.45, 2.75) is 65.5 Å². The van der Waals surface area contributed by atoms with Crippen LogP contribution in [-0.2, 0) is 16.0 Å². The monoisotopic (exact) mass is 642 g/mol. The van der Waals surface area contributed by atoms with Gasteiger partial charge in [0.15, 0.2) is 16.6 Å². The predicted molar refractivity (Wildman–Crippen MR) is 178 cm³/mol. The number of aromatic nitrogens is 1. The van der Waals surface area contributed by atoms with Crippen LogP contribution in [0.1, 0.15) is 69.7 Å². The molecule has 10 heteroatoms. The van der Waals surface area contributed by atoms with Crippen molar-refractivity contribution >= 4 is 44.1 Å². The zero-order valence-electron chi connectivity index (χ0n) is 26.5. The van der Waals surface area contributed by atoms with E-state index in [1.807, 2.05) is 51.1 Å². The summed E-state index contributed by atoms with van der Waals surface area (Å²) in [4.78, 5) is 33.9. The lowest BCUT2D eigenvalue weighted by molar-refractivity contribution is -0.132. The molecule has 0 saturated carbocycles. The van der Waals surface area contributed by atoms with E-state index in [0.29, 0.717) is 65.3 Å². The van der Waals surface area contributed by atoms with E-state index in [-0.39, 0.29) is 17.4 Å². The number of rotatable bonds is 12. The average molecular weight is 643 g/mol. The topological polar surface area (TPSA) is 107 Å². The Morgan fingerprint density at radius 1 is 0.978 bits per heavy atom. The molecule has 1 fully saturated rings. The number of aliphatic hydroxyl groups is 1. The van der Waals surface area contributed by atoms with Gasteiger partial charge in [0.05, 0.1) is 41.7 Å². The Morgan fingerprint density at radius 2 is 1.80 bits per heavy atom. The zero-order chi connectivity index (χ0) is 32.4. The summed E-state index contributed by atoms with van der Waals surface area (Å²) in [5, 5.41) is 12.1.